The number of rotatable bonds is 3. The minimum absolute atomic E-state index is 0.0670. The molecule has 1 N–H and O–H groups in total. The molecule has 0 unspecified atom stereocenters. The maximum Gasteiger partial charge on any atom is 0.251 e. The number of nitrogens with zero attached hydrogens (tertiary/aromatic N) is 1. The number of hydrogen-bond acceptors (Lipinski definition) is 3. The summed E-state index contributed by atoms with van der Waals surface area (Å²) in [6.07, 6.45) is 6.06. The van der Waals surface area contributed by atoms with Crippen LogP contribution in [0.25, 0.3) is 0 Å². The molecule has 2 rings (SSSR count). The Bertz CT molecular complexity index is 394. The Kier molecular flexibility index (Phi) is 3.72. The lowest BCUT2D eigenvalue weighted by Crippen LogP contribution is -2.17. The van der Waals surface area contributed by atoms with Gasteiger partial charge in [0.2, 0.25) is 0 Å². The van der Waals surface area contributed by atoms with Crippen molar-refractivity contribution in [3.63, 3.8) is 0 Å². The lowest BCUT2D eigenvalue weighted by Gasteiger charge is -2.20. The minimum atomic E-state index is -0.0670. The van der Waals surface area contributed by atoms with Crippen LogP contribution in [0.15, 0.2) is 10.9 Å². The van der Waals surface area contributed by atoms with Gasteiger partial charge in [0.05, 0.1) is 12.3 Å². The predicted molar refractivity (Wildman–Crippen MR) is 61.4 cm³/mol. The van der Waals surface area contributed by atoms with Crippen LogP contribution in [0.3, 0.4) is 0 Å². The third-order valence-corrected chi connectivity index (χ3v) is 3.10. The van der Waals surface area contributed by atoms with Crippen molar-refractivity contribution >= 4 is 0 Å². The van der Waals surface area contributed by atoms with Crippen LogP contribution in [0.5, 0.6) is 0 Å². The maximum atomic E-state index is 11.5. The monoisotopic (exact) mass is 222 g/mol. The van der Waals surface area contributed by atoms with E-state index >= 15 is 0 Å². The Morgan fingerprint density at radius 2 is 2.19 bits per heavy atom. The summed E-state index contributed by atoms with van der Waals surface area (Å²) < 4.78 is 5.01. The summed E-state index contributed by atoms with van der Waals surface area (Å²) >= 11 is 0. The quantitative estimate of drug-likeness (QED) is 0.850. The van der Waals surface area contributed by atoms with Gasteiger partial charge in [0.15, 0.2) is 0 Å². The summed E-state index contributed by atoms with van der Waals surface area (Å²) in [4.78, 5) is 18.8. The molecular weight excluding hydrogens is 204 g/mol. The van der Waals surface area contributed by atoms with Crippen molar-refractivity contribution in [2.75, 3.05) is 7.11 Å². The zero-order chi connectivity index (χ0) is 11.4. The van der Waals surface area contributed by atoms with E-state index in [1.54, 1.807) is 7.11 Å². The second-order valence-electron chi connectivity index (χ2n) is 4.39. The summed E-state index contributed by atoms with van der Waals surface area (Å²) in [6.45, 7) is 0.406. The zero-order valence-corrected chi connectivity index (χ0v) is 9.66. The van der Waals surface area contributed by atoms with Gasteiger partial charge in [-0.15, -0.1) is 0 Å². The van der Waals surface area contributed by atoms with Crippen LogP contribution in [0.2, 0.25) is 0 Å². The molecule has 4 heteroatoms. The fraction of sp³-hybridized carbons (Fsp3) is 0.667. The van der Waals surface area contributed by atoms with Crippen molar-refractivity contribution < 1.29 is 4.74 Å². The Morgan fingerprint density at radius 1 is 1.44 bits per heavy atom. The van der Waals surface area contributed by atoms with Crippen molar-refractivity contribution in [1.82, 2.24) is 9.97 Å². The molecule has 1 heterocycles. The average Bonchev–Trinajstić information content (AvgIpc) is 2.30. The number of H-pyrrole nitrogens is 1. The van der Waals surface area contributed by atoms with Crippen LogP contribution in [0, 0.1) is 0 Å². The molecule has 88 valence electrons. The average molecular weight is 222 g/mol. The summed E-state index contributed by atoms with van der Waals surface area (Å²) in [5, 5.41) is 0. The summed E-state index contributed by atoms with van der Waals surface area (Å²) in [6, 6.07) is 1.51. The molecular formula is C12H18N2O2. The molecule has 0 radical (unpaired) electrons. The highest BCUT2D eigenvalue weighted by atomic mass is 16.5. The van der Waals surface area contributed by atoms with Crippen molar-refractivity contribution in [1.29, 1.82) is 0 Å². The Labute approximate surface area is 95.1 Å². The lowest BCUT2D eigenvalue weighted by molar-refractivity contribution is 0.181. The number of hydrogen-bond donors (Lipinski definition) is 1. The first-order valence-corrected chi connectivity index (χ1v) is 5.88. The molecule has 0 atom stereocenters. The highest BCUT2D eigenvalue weighted by molar-refractivity contribution is 5.06. The molecule has 1 aliphatic rings. The molecule has 1 fully saturated rings. The molecule has 0 amide bonds. The molecule has 0 aromatic carbocycles. The largest absolute Gasteiger partial charge is 0.378 e. The highest BCUT2D eigenvalue weighted by Crippen LogP contribution is 2.30. The Balaban J connectivity index is 2.21. The number of aromatic amines is 1. The molecule has 1 aliphatic carbocycles. The van der Waals surface area contributed by atoms with E-state index in [4.69, 9.17) is 4.74 Å². The van der Waals surface area contributed by atoms with Crippen molar-refractivity contribution in [3.8, 4) is 0 Å². The molecule has 1 saturated carbocycles. The van der Waals surface area contributed by atoms with Gasteiger partial charge in [0.25, 0.3) is 5.56 Å². The van der Waals surface area contributed by atoms with Crippen LogP contribution < -0.4 is 5.56 Å². The third-order valence-electron chi connectivity index (χ3n) is 3.10. The summed E-state index contributed by atoms with van der Waals surface area (Å²) in [5.41, 5.74) is 0.662. The van der Waals surface area contributed by atoms with Gasteiger partial charge in [-0.05, 0) is 12.8 Å². The Hall–Kier alpha value is -1.16. The van der Waals surface area contributed by atoms with Gasteiger partial charge in [-0.25, -0.2) is 4.98 Å². The van der Waals surface area contributed by atoms with Crippen LogP contribution in [0.1, 0.15) is 49.5 Å². The lowest BCUT2D eigenvalue weighted by atomic mass is 9.88. The normalized spacial score (nSPS) is 17.6. The Morgan fingerprint density at radius 3 is 2.88 bits per heavy atom. The van der Waals surface area contributed by atoms with E-state index in [1.807, 2.05) is 0 Å². The second-order valence-corrected chi connectivity index (χ2v) is 4.39. The van der Waals surface area contributed by atoms with E-state index in [0.29, 0.717) is 12.5 Å². The van der Waals surface area contributed by atoms with Crippen molar-refractivity contribution in [2.45, 2.75) is 44.6 Å². The molecule has 0 spiro atoms. The van der Waals surface area contributed by atoms with E-state index < -0.39 is 0 Å². The smallest absolute Gasteiger partial charge is 0.251 e. The van der Waals surface area contributed by atoms with E-state index in [0.717, 1.165) is 24.4 Å². The van der Waals surface area contributed by atoms with Crippen molar-refractivity contribution in [2.24, 2.45) is 0 Å². The van der Waals surface area contributed by atoms with Gasteiger partial charge < -0.3 is 9.72 Å². The maximum absolute atomic E-state index is 11.5. The van der Waals surface area contributed by atoms with Gasteiger partial charge in [0, 0.05) is 19.1 Å². The molecule has 0 aliphatic heterocycles. The fourth-order valence-corrected chi connectivity index (χ4v) is 2.32. The second kappa shape index (κ2) is 5.25. The first kappa shape index (κ1) is 11.3. The van der Waals surface area contributed by atoms with Gasteiger partial charge in [0.1, 0.15) is 5.82 Å². The minimum Gasteiger partial charge on any atom is -0.378 e. The van der Waals surface area contributed by atoms with E-state index in [9.17, 15) is 4.79 Å². The van der Waals surface area contributed by atoms with Crippen LogP contribution in [-0.4, -0.2) is 17.1 Å². The summed E-state index contributed by atoms with van der Waals surface area (Å²) in [7, 11) is 1.61. The molecule has 1 aromatic rings. The van der Waals surface area contributed by atoms with Gasteiger partial charge >= 0.3 is 0 Å². The zero-order valence-electron chi connectivity index (χ0n) is 9.66. The van der Waals surface area contributed by atoms with Crippen LogP contribution in [0.4, 0.5) is 0 Å². The number of methoxy groups -OCH3 is 1. The topological polar surface area (TPSA) is 55.0 Å². The predicted octanol–water partition coefficient (Wildman–Crippen LogP) is 1.96. The van der Waals surface area contributed by atoms with Gasteiger partial charge in [-0.2, -0.15) is 0 Å². The number of aromatic nitrogens is 2. The first-order valence-electron chi connectivity index (χ1n) is 5.88. The van der Waals surface area contributed by atoms with Gasteiger partial charge in [-0.1, -0.05) is 19.3 Å². The number of nitrogens with one attached hydrogen (secondary N) is 1. The highest BCUT2D eigenvalue weighted by Gasteiger charge is 2.18. The molecule has 4 nitrogen and oxygen atoms in total. The molecule has 0 saturated heterocycles. The first-order chi connectivity index (χ1) is 7.79. The number of ether oxygens (including phenoxy) is 1. The molecule has 16 heavy (non-hydrogen) atoms. The fourth-order valence-electron chi connectivity index (χ4n) is 2.32. The third kappa shape index (κ3) is 2.70. The van der Waals surface area contributed by atoms with E-state index in [1.165, 1.54) is 25.3 Å². The van der Waals surface area contributed by atoms with E-state index in [2.05, 4.69) is 9.97 Å². The molecule has 0 bridgehead atoms. The SMILES string of the molecule is COCc1cc(=O)[nH]c(C2CCCCC2)n1. The molecule has 1 aromatic heterocycles. The summed E-state index contributed by atoms with van der Waals surface area (Å²) in [5.74, 6) is 1.28. The standard InChI is InChI=1S/C12H18N2O2/c1-16-8-10-7-11(15)14-12(13-10)9-5-3-2-4-6-9/h7,9H,2-6,8H2,1H3,(H,13,14,15). The van der Waals surface area contributed by atoms with E-state index in [-0.39, 0.29) is 5.56 Å². The van der Waals surface area contributed by atoms with Crippen LogP contribution >= 0.6 is 0 Å². The van der Waals surface area contributed by atoms with Gasteiger partial charge in [-0.3, -0.25) is 4.79 Å². The van der Waals surface area contributed by atoms with Crippen LogP contribution in [-0.2, 0) is 11.3 Å². The van der Waals surface area contributed by atoms with Crippen molar-refractivity contribution in [3.05, 3.63) is 27.9 Å².